The van der Waals surface area contributed by atoms with Gasteiger partial charge in [-0.15, -0.1) is 5.10 Å². The van der Waals surface area contributed by atoms with Crippen molar-refractivity contribution in [2.75, 3.05) is 5.32 Å². The van der Waals surface area contributed by atoms with Crippen molar-refractivity contribution in [3.05, 3.63) is 54.6 Å². The number of rotatable bonds is 4. The normalized spacial score (nSPS) is 10.6. The molecule has 0 bridgehead atoms. The van der Waals surface area contributed by atoms with Gasteiger partial charge >= 0.3 is 0 Å². The third kappa shape index (κ3) is 2.47. The summed E-state index contributed by atoms with van der Waals surface area (Å²) in [5.74, 6) is 0. The van der Waals surface area contributed by atoms with Crippen LogP contribution in [0.4, 0.5) is 5.69 Å². The molecular weight excluding hydrogens is 240 g/mol. The van der Waals surface area contributed by atoms with E-state index in [4.69, 9.17) is 0 Å². The summed E-state index contributed by atoms with van der Waals surface area (Å²) in [4.78, 5) is 0. The van der Waals surface area contributed by atoms with Gasteiger partial charge in [0.25, 0.3) is 0 Å². The lowest BCUT2D eigenvalue weighted by Crippen LogP contribution is -2.04. The van der Waals surface area contributed by atoms with Crippen molar-refractivity contribution in [3.63, 3.8) is 0 Å². The fourth-order valence-corrected chi connectivity index (χ4v) is 1.88. The highest BCUT2D eigenvalue weighted by Gasteiger charge is 1.99. The second kappa shape index (κ2) is 4.93. The van der Waals surface area contributed by atoms with Crippen LogP contribution < -0.4 is 5.32 Å². The van der Waals surface area contributed by atoms with Crippen LogP contribution in [0.3, 0.4) is 0 Å². The third-order valence-electron chi connectivity index (χ3n) is 3.01. The summed E-state index contributed by atoms with van der Waals surface area (Å²) >= 11 is 0. The van der Waals surface area contributed by atoms with Gasteiger partial charge in [-0.1, -0.05) is 0 Å². The maximum atomic E-state index is 3.85. The zero-order valence-corrected chi connectivity index (χ0v) is 10.6. The number of aromatic nitrogens is 5. The van der Waals surface area contributed by atoms with E-state index in [0.29, 0.717) is 0 Å². The van der Waals surface area contributed by atoms with Gasteiger partial charge < -0.3 is 9.88 Å². The Morgan fingerprint density at radius 3 is 2.63 bits per heavy atom. The Hall–Kier alpha value is -2.63. The van der Waals surface area contributed by atoms with Crippen molar-refractivity contribution in [2.24, 2.45) is 7.05 Å². The molecule has 0 aliphatic rings. The molecule has 3 aromatic rings. The van der Waals surface area contributed by atoms with Crippen LogP contribution >= 0.6 is 0 Å². The molecule has 2 aromatic heterocycles. The van der Waals surface area contributed by atoms with Gasteiger partial charge in [-0.25, -0.2) is 4.68 Å². The zero-order chi connectivity index (χ0) is 13.1. The van der Waals surface area contributed by atoms with Gasteiger partial charge in [-0.2, -0.15) is 0 Å². The Morgan fingerprint density at radius 2 is 2.00 bits per heavy atom. The highest BCUT2D eigenvalue weighted by Crippen LogP contribution is 2.13. The van der Waals surface area contributed by atoms with Gasteiger partial charge in [0.1, 0.15) is 6.33 Å². The molecule has 19 heavy (non-hydrogen) atoms. The number of hydrogen-bond acceptors (Lipinski definition) is 4. The maximum absolute atomic E-state index is 3.85. The Morgan fingerprint density at radius 1 is 1.16 bits per heavy atom. The Labute approximate surface area is 110 Å². The van der Waals surface area contributed by atoms with E-state index in [1.165, 1.54) is 5.69 Å². The molecule has 6 nitrogen and oxygen atoms in total. The molecule has 0 radical (unpaired) electrons. The summed E-state index contributed by atoms with van der Waals surface area (Å²) in [5.41, 5.74) is 3.25. The van der Waals surface area contributed by atoms with Gasteiger partial charge in [0, 0.05) is 24.6 Å². The van der Waals surface area contributed by atoms with Crippen LogP contribution in [0.15, 0.2) is 48.9 Å². The SMILES string of the molecule is Cn1cccc1CNc1ccc(-n2cnnn2)cc1. The fourth-order valence-electron chi connectivity index (χ4n) is 1.88. The number of anilines is 1. The van der Waals surface area contributed by atoms with E-state index >= 15 is 0 Å². The summed E-state index contributed by atoms with van der Waals surface area (Å²) in [5, 5.41) is 14.5. The molecule has 0 saturated carbocycles. The summed E-state index contributed by atoms with van der Waals surface area (Å²) < 4.78 is 3.73. The standard InChI is InChI=1S/C13H14N6/c1-18-8-2-3-13(18)9-14-11-4-6-12(7-5-11)19-10-15-16-17-19/h2-8,10,14H,9H2,1H3. The average Bonchev–Trinajstić information content (AvgIpc) is 3.09. The van der Waals surface area contributed by atoms with Crippen molar-refractivity contribution in [2.45, 2.75) is 6.54 Å². The van der Waals surface area contributed by atoms with Gasteiger partial charge in [0.15, 0.2) is 0 Å². The summed E-state index contributed by atoms with van der Waals surface area (Å²) in [6, 6.07) is 12.1. The molecule has 96 valence electrons. The number of aryl methyl sites for hydroxylation is 1. The lowest BCUT2D eigenvalue weighted by Gasteiger charge is -2.08. The number of tetrazole rings is 1. The number of nitrogens with zero attached hydrogens (tertiary/aromatic N) is 5. The molecular formula is C13H14N6. The molecule has 0 spiro atoms. The van der Waals surface area contributed by atoms with E-state index in [1.807, 2.05) is 43.6 Å². The Balaban J connectivity index is 1.68. The molecule has 3 rings (SSSR count). The first kappa shape index (κ1) is 11.5. The minimum atomic E-state index is 0.799. The molecule has 0 saturated heterocycles. The predicted octanol–water partition coefficient (Wildman–Crippen LogP) is 1.61. The highest BCUT2D eigenvalue weighted by atomic mass is 15.5. The van der Waals surface area contributed by atoms with Crippen molar-refractivity contribution in [3.8, 4) is 5.69 Å². The first-order valence-corrected chi connectivity index (χ1v) is 6.00. The van der Waals surface area contributed by atoms with Crippen LogP contribution in [-0.2, 0) is 13.6 Å². The summed E-state index contributed by atoms with van der Waals surface area (Å²) in [7, 11) is 2.04. The molecule has 1 N–H and O–H groups in total. The molecule has 0 amide bonds. The number of hydrogen-bond donors (Lipinski definition) is 1. The first-order valence-electron chi connectivity index (χ1n) is 6.00. The third-order valence-corrected chi connectivity index (χ3v) is 3.01. The monoisotopic (exact) mass is 254 g/mol. The first-order chi connectivity index (χ1) is 9.33. The molecule has 0 aliphatic heterocycles. The summed E-state index contributed by atoms with van der Waals surface area (Å²) in [6.45, 7) is 0.799. The molecule has 6 heteroatoms. The second-order valence-corrected chi connectivity index (χ2v) is 4.27. The number of nitrogens with one attached hydrogen (secondary N) is 1. The Bertz CT molecular complexity index is 638. The Kier molecular flexibility index (Phi) is 2.97. The molecule has 2 heterocycles. The van der Waals surface area contributed by atoms with Crippen LogP contribution in [0.5, 0.6) is 0 Å². The second-order valence-electron chi connectivity index (χ2n) is 4.27. The smallest absolute Gasteiger partial charge is 0.143 e. The molecule has 1 aromatic carbocycles. The van der Waals surface area contributed by atoms with Gasteiger partial charge in [0.05, 0.1) is 12.2 Å². The topological polar surface area (TPSA) is 60.6 Å². The van der Waals surface area contributed by atoms with E-state index in [0.717, 1.165) is 17.9 Å². The molecule has 0 unspecified atom stereocenters. The van der Waals surface area contributed by atoms with E-state index in [1.54, 1.807) is 11.0 Å². The minimum absolute atomic E-state index is 0.799. The van der Waals surface area contributed by atoms with Crippen LogP contribution in [0.25, 0.3) is 5.69 Å². The van der Waals surface area contributed by atoms with E-state index < -0.39 is 0 Å². The van der Waals surface area contributed by atoms with Crippen LogP contribution in [-0.4, -0.2) is 24.8 Å². The van der Waals surface area contributed by atoms with Gasteiger partial charge in [0.2, 0.25) is 0 Å². The summed E-state index contributed by atoms with van der Waals surface area (Å²) in [6.07, 6.45) is 3.62. The quantitative estimate of drug-likeness (QED) is 0.768. The predicted molar refractivity (Wildman–Crippen MR) is 71.9 cm³/mol. The van der Waals surface area contributed by atoms with Crippen LogP contribution in [0.1, 0.15) is 5.69 Å². The van der Waals surface area contributed by atoms with Crippen molar-refractivity contribution in [1.82, 2.24) is 24.8 Å². The van der Waals surface area contributed by atoms with Crippen molar-refractivity contribution < 1.29 is 0 Å². The zero-order valence-electron chi connectivity index (χ0n) is 10.6. The lowest BCUT2D eigenvalue weighted by molar-refractivity contribution is 0.789. The highest BCUT2D eigenvalue weighted by molar-refractivity contribution is 5.48. The van der Waals surface area contributed by atoms with Crippen LogP contribution in [0.2, 0.25) is 0 Å². The van der Waals surface area contributed by atoms with Gasteiger partial charge in [-0.3, -0.25) is 0 Å². The number of benzene rings is 1. The van der Waals surface area contributed by atoms with E-state index in [2.05, 4.69) is 31.5 Å². The molecule has 0 aliphatic carbocycles. The average molecular weight is 254 g/mol. The largest absolute Gasteiger partial charge is 0.379 e. The van der Waals surface area contributed by atoms with Gasteiger partial charge in [-0.05, 0) is 46.8 Å². The van der Waals surface area contributed by atoms with E-state index in [9.17, 15) is 0 Å². The lowest BCUT2D eigenvalue weighted by atomic mass is 10.2. The van der Waals surface area contributed by atoms with Crippen LogP contribution in [0, 0.1) is 0 Å². The minimum Gasteiger partial charge on any atom is -0.379 e. The molecule has 0 fully saturated rings. The van der Waals surface area contributed by atoms with Crippen molar-refractivity contribution >= 4 is 5.69 Å². The van der Waals surface area contributed by atoms with E-state index in [-0.39, 0.29) is 0 Å². The van der Waals surface area contributed by atoms with Crippen molar-refractivity contribution in [1.29, 1.82) is 0 Å². The fraction of sp³-hybridized carbons (Fsp3) is 0.154. The maximum Gasteiger partial charge on any atom is 0.143 e. The molecule has 0 atom stereocenters.